The highest BCUT2D eigenvalue weighted by Gasteiger charge is 2.38. The first-order valence-electron chi connectivity index (χ1n) is 17.5. The van der Waals surface area contributed by atoms with Crippen molar-refractivity contribution in [2.24, 2.45) is 0 Å². The van der Waals surface area contributed by atoms with Crippen LogP contribution in [0.25, 0.3) is 88.1 Å². The highest BCUT2D eigenvalue weighted by molar-refractivity contribution is 7.03. The average Bonchev–Trinajstić information content (AvgIpc) is 3.89. The zero-order valence-electron chi connectivity index (χ0n) is 28.4. The van der Waals surface area contributed by atoms with E-state index in [1.54, 1.807) is 0 Å². The van der Waals surface area contributed by atoms with Crippen molar-refractivity contribution < 1.29 is 4.42 Å². The summed E-state index contributed by atoms with van der Waals surface area (Å²) in [4.78, 5) is 0. The number of hydrogen-bond acceptors (Lipinski definition) is 3. The van der Waals surface area contributed by atoms with Crippen LogP contribution in [0.5, 0.6) is 0 Å². The number of nitrogens with zero attached hydrogens (tertiary/aromatic N) is 4. The lowest BCUT2D eigenvalue weighted by atomic mass is 10.0. The van der Waals surface area contributed by atoms with Gasteiger partial charge in [-0.2, -0.15) is 10.5 Å². The molecule has 0 aliphatic carbocycles. The Morgan fingerprint density at radius 3 is 1.67 bits per heavy atom. The van der Waals surface area contributed by atoms with Crippen molar-refractivity contribution in [2.75, 3.05) is 0 Å². The van der Waals surface area contributed by atoms with E-state index in [0.29, 0.717) is 11.1 Å². The SMILES string of the molecule is C[Si]1(C)c2ccc(-n3c4ccc(C#N)cc4c4cc(C#N)ccc43)cc2-c2cc(-n3c4ccccc4c4c5oc6ccccc6c5ccc43)ccc21. The van der Waals surface area contributed by atoms with Crippen LogP contribution in [0.4, 0.5) is 0 Å². The monoisotopic (exact) mass is 680 g/mol. The van der Waals surface area contributed by atoms with Crippen molar-refractivity contribution >= 4 is 84.0 Å². The lowest BCUT2D eigenvalue weighted by Gasteiger charge is -2.19. The van der Waals surface area contributed by atoms with Crippen LogP contribution in [0.15, 0.2) is 138 Å². The number of hydrogen-bond donors (Lipinski definition) is 0. The molecular formula is C46H28N4OSi. The summed E-state index contributed by atoms with van der Waals surface area (Å²) < 4.78 is 11.2. The highest BCUT2D eigenvalue weighted by Crippen LogP contribution is 2.42. The molecule has 0 amide bonds. The van der Waals surface area contributed by atoms with E-state index >= 15 is 0 Å². The predicted octanol–water partition coefficient (Wildman–Crippen LogP) is 10.3. The van der Waals surface area contributed by atoms with Gasteiger partial charge in [-0.25, -0.2) is 0 Å². The first-order chi connectivity index (χ1) is 25.4. The topological polar surface area (TPSA) is 70.6 Å². The predicted molar refractivity (Wildman–Crippen MR) is 214 cm³/mol. The number of fused-ring (bicyclic) bond motifs is 13. The normalized spacial score (nSPS) is 13.3. The van der Waals surface area contributed by atoms with Crippen molar-refractivity contribution in [1.82, 2.24) is 9.13 Å². The third kappa shape index (κ3) is 3.69. The van der Waals surface area contributed by atoms with Gasteiger partial charge in [-0.05, 0) is 106 Å². The fourth-order valence-corrected chi connectivity index (χ4v) is 12.0. The van der Waals surface area contributed by atoms with Crippen LogP contribution in [0.1, 0.15) is 11.1 Å². The van der Waals surface area contributed by atoms with Gasteiger partial charge in [0, 0.05) is 38.3 Å². The summed E-state index contributed by atoms with van der Waals surface area (Å²) in [6.45, 7) is 4.89. The van der Waals surface area contributed by atoms with E-state index in [1.807, 2.05) is 48.5 Å². The van der Waals surface area contributed by atoms with E-state index in [1.165, 1.54) is 26.9 Å². The minimum Gasteiger partial charge on any atom is -0.455 e. The molecule has 1 aliphatic rings. The van der Waals surface area contributed by atoms with E-state index in [2.05, 4.69) is 119 Å². The Labute approximate surface area is 299 Å². The Morgan fingerprint density at radius 1 is 0.500 bits per heavy atom. The first kappa shape index (κ1) is 28.9. The van der Waals surface area contributed by atoms with E-state index < -0.39 is 8.07 Å². The number of para-hydroxylation sites is 2. The number of aromatic nitrogens is 2. The van der Waals surface area contributed by atoms with Crippen LogP contribution in [-0.4, -0.2) is 17.2 Å². The molecule has 0 N–H and O–H groups in total. The second kappa shape index (κ2) is 10.1. The Kier molecular flexibility index (Phi) is 5.62. The summed E-state index contributed by atoms with van der Waals surface area (Å²) in [5.74, 6) is 0. The van der Waals surface area contributed by atoms with Crippen LogP contribution in [0, 0.1) is 22.7 Å². The molecule has 52 heavy (non-hydrogen) atoms. The maximum absolute atomic E-state index is 9.71. The van der Waals surface area contributed by atoms with Crippen LogP contribution in [-0.2, 0) is 0 Å². The average molecular weight is 681 g/mol. The minimum absolute atomic E-state index is 0.600. The summed E-state index contributed by atoms with van der Waals surface area (Å²) in [5.41, 5.74) is 12.0. The van der Waals surface area contributed by atoms with Gasteiger partial charge in [0.1, 0.15) is 19.2 Å². The lowest BCUT2D eigenvalue weighted by Crippen LogP contribution is -2.49. The molecule has 3 aromatic heterocycles. The second-order valence-electron chi connectivity index (χ2n) is 14.4. The van der Waals surface area contributed by atoms with Crippen LogP contribution in [0.2, 0.25) is 13.1 Å². The molecule has 0 bridgehead atoms. The Morgan fingerprint density at radius 2 is 1.04 bits per heavy atom. The summed E-state index contributed by atoms with van der Waals surface area (Å²) >= 11 is 0. The van der Waals surface area contributed by atoms with Crippen LogP contribution in [0.3, 0.4) is 0 Å². The molecule has 6 heteroatoms. The van der Waals surface area contributed by atoms with Crippen molar-refractivity contribution in [3.05, 3.63) is 145 Å². The molecule has 0 radical (unpaired) electrons. The van der Waals surface area contributed by atoms with Gasteiger partial charge in [0.25, 0.3) is 0 Å². The van der Waals surface area contributed by atoms with Crippen LogP contribution < -0.4 is 10.4 Å². The molecular weight excluding hydrogens is 653 g/mol. The maximum atomic E-state index is 9.71. The van der Waals surface area contributed by atoms with Gasteiger partial charge < -0.3 is 13.6 Å². The van der Waals surface area contributed by atoms with Gasteiger partial charge in [-0.1, -0.05) is 61.6 Å². The van der Waals surface area contributed by atoms with Gasteiger partial charge in [-0.3, -0.25) is 0 Å². The van der Waals surface area contributed by atoms with Crippen molar-refractivity contribution in [3.8, 4) is 34.6 Å². The van der Waals surface area contributed by atoms with Crippen molar-refractivity contribution in [3.63, 3.8) is 0 Å². The third-order valence-corrected chi connectivity index (χ3v) is 14.9. The molecule has 0 atom stereocenters. The number of benzene rings is 7. The van der Waals surface area contributed by atoms with Gasteiger partial charge in [0.05, 0.1) is 50.7 Å². The number of nitriles is 2. The molecule has 0 unspecified atom stereocenters. The Bertz CT molecular complexity index is 3240. The van der Waals surface area contributed by atoms with Crippen LogP contribution >= 0.6 is 0 Å². The molecule has 4 heterocycles. The van der Waals surface area contributed by atoms with Gasteiger partial charge in [-0.15, -0.1) is 0 Å². The number of rotatable bonds is 2. The smallest absolute Gasteiger partial charge is 0.145 e. The molecule has 1 aliphatic heterocycles. The quantitative estimate of drug-likeness (QED) is 0.171. The number of furan rings is 1. The summed E-state index contributed by atoms with van der Waals surface area (Å²) in [7, 11) is -2.00. The Hall–Kier alpha value is -6.86. The van der Waals surface area contributed by atoms with E-state index in [9.17, 15) is 10.5 Å². The van der Waals surface area contributed by atoms with Gasteiger partial charge in [0.15, 0.2) is 0 Å². The van der Waals surface area contributed by atoms with E-state index in [0.717, 1.165) is 71.5 Å². The molecule has 11 rings (SSSR count). The summed E-state index contributed by atoms with van der Waals surface area (Å²) in [6, 6.07) is 51.6. The molecule has 7 aromatic carbocycles. The molecule has 242 valence electrons. The van der Waals surface area contributed by atoms with Crippen molar-refractivity contribution in [2.45, 2.75) is 13.1 Å². The van der Waals surface area contributed by atoms with E-state index in [4.69, 9.17) is 4.42 Å². The molecule has 0 saturated carbocycles. The molecule has 10 aromatic rings. The third-order valence-electron chi connectivity index (χ3n) is 11.4. The maximum Gasteiger partial charge on any atom is 0.145 e. The highest BCUT2D eigenvalue weighted by atomic mass is 28.3. The van der Waals surface area contributed by atoms with Gasteiger partial charge >= 0.3 is 0 Å². The molecule has 0 spiro atoms. The lowest BCUT2D eigenvalue weighted by molar-refractivity contribution is 0.673. The zero-order chi connectivity index (χ0) is 34.9. The summed E-state index contributed by atoms with van der Waals surface area (Å²) in [5, 5.41) is 28.8. The standard InChI is InChI=1S/C46H28N4OSi/c1-52(2)43-19-13-29(49-39-16-11-27(25-47)21-34(39)35-22-28(26-48)12-17-40(35)49)23-36(43)37-24-30(14-20-44(37)52)50-38-9-5-3-8-33(38)45-41(50)18-15-32-31-7-4-6-10-42(31)51-46(32)45/h3-24H,1-2H3. The molecule has 0 fully saturated rings. The second-order valence-corrected chi connectivity index (χ2v) is 18.7. The summed E-state index contributed by atoms with van der Waals surface area (Å²) in [6.07, 6.45) is 0. The zero-order valence-corrected chi connectivity index (χ0v) is 29.4. The van der Waals surface area contributed by atoms with Crippen molar-refractivity contribution in [1.29, 1.82) is 10.5 Å². The fraction of sp³-hybridized carbons (Fsp3) is 0.0435. The van der Waals surface area contributed by atoms with Gasteiger partial charge in [0.2, 0.25) is 0 Å². The minimum atomic E-state index is -2.00. The first-order valence-corrected chi connectivity index (χ1v) is 20.5. The fourth-order valence-electron chi connectivity index (χ4n) is 8.98. The largest absolute Gasteiger partial charge is 0.455 e. The van der Waals surface area contributed by atoms with E-state index in [-0.39, 0.29) is 0 Å². The molecule has 0 saturated heterocycles. The Balaban J connectivity index is 1.15. The molecule has 5 nitrogen and oxygen atoms in total.